The van der Waals surface area contributed by atoms with Gasteiger partial charge in [0.2, 0.25) is 0 Å². The van der Waals surface area contributed by atoms with E-state index in [4.69, 9.17) is 11.6 Å². The van der Waals surface area contributed by atoms with E-state index >= 15 is 0 Å². The minimum Gasteiger partial charge on any atom is -0.355 e. The number of aryl methyl sites for hydroxylation is 1. The van der Waals surface area contributed by atoms with Crippen molar-refractivity contribution in [3.63, 3.8) is 0 Å². The van der Waals surface area contributed by atoms with Gasteiger partial charge in [0.15, 0.2) is 5.78 Å². The minimum atomic E-state index is 0.106. The van der Waals surface area contributed by atoms with Crippen LogP contribution < -0.4 is 5.32 Å². The summed E-state index contributed by atoms with van der Waals surface area (Å²) < 4.78 is 0. The van der Waals surface area contributed by atoms with E-state index in [9.17, 15) is 4.79 Å². The number of benzene rings is 3. The number of carbonyl (C=O) groups excluding carboxylic acids is 1. The molecule has 0 heterocycles. The summed E-state index contributed by atoms with van der Waals surface area (Å²) in [7, 11) is 0. The predicted octanol–water partition coefficient (Wildman–Crippen LogP) is 5.90. The summed E-state index contributed by atoms with van der Waals surface area (Å²) in [5.41, 5.74) is 3.50. The molecule has 3 heteroatoms. The zero-order valence-corrected chi connectivity index (χ0v) is 14.0. The maximum Gasteiger partial charge on any atom is 0.165 e. The second-order valence-electron chi connectivity index (χ2n) is 5.59. The van der Waals surface area contributed by atoms with Crippen molar-refractivity contribution in [2.24, 2.45) is 0 Å². The molecule has 0 unspecified atom stereocenters. The average molecular weight is 336 g/mol. The summed E-state index contributed by atoms with van der Waals surface area (Å²) in [5, 5.41) is 3.89. The Morgan fingerprint density at radius 3 is 2.25 bits per heavy atom. The second kappa shape index (κ2) is 7.80. The van der Waals surface area contributed by atoms with Crippen molar-refractivity contribution in [1.82, 2.24) is 0 Å². The third kappa shape index (κ3) is 4.24. The van der Waals surface area contributed by atoms with E-state index < -0.39 is 0 Å². The zero-order valence-electron chi connectivity index (χ0n) is 13.2. The highest BCUT2D eigenvalue weighted by molar-refractivity contribution is 6.31. The molecular weight excluding hydrogens is 318 g/mol. The fourth-order valence-corrected chi connectivity index (χ4v) is 2.75. The van der Waals surface area contributed by atoms with Gasteiger partial charge in [0.1, 0.15) is 0 Å². The van der Waals surface area contributed by atoms with Crippen LogP contribution in [0, 0.1) is 0 Å². The van der Waals surface area contributed by atoms with Crippen LogP contribution in [0.4, 0.5) is 11.4 Å². The van der Waals surface area contributed by atoms with E-state index in [1.165, 1.54) is 0 Å². The van der Waals surface area contributed by atoms with Crippen molar-refractivity contribution in [2.75, 3.05) is 5.32 Å². The molecule has 0 bridgehead atoms. The smallest absolute Gasteiger partial charge is 0.165 e. The van der Waals surface area contributed by atoms with E-state index in [0.717, 1.165) is 23.4 Å². The first-order valence-corrected chi connectivity index (χ1v) is 8.29. The van der Waals surface area contributed by atoms with Gasteiger partial charge in [-0.2, -0.15) is 0 Å². The molecule has 3 rings (SSSR count). The lowest BCUT2D eigenvalue weighted by molar-refractivity contribution is 0.0983. The second-order valence-corrected chi connectivity index (χ2v) is 6.03. The molecule has 0 aliphatic heterocycles. The molecule has 0 saturated heterocycles. The lowest BCUT2D eigenvalue weighted by atomic mass is 10.0. The van der Waals surface area contributed by atoms with Crippen molar-refractivity contribution >= 4 is 28.8 Å². The molecule has 0 spiro atoms. The molecule has 0 aliphatic carbocycles. The van der Waals surface area contributed by atoms with Crippen LogP contribution in [-0.4, -0.2) is 5.78 Å². The van der Waals surface area contributed by atoms with Gasteiger partial charge in [-0.25, -0.2) is 0 Å². The molecule has 0 aliphatic rings. The number of Topliss-reactive ketones (excluding diaryl/α,β-unsaturated/α-hetero) is 1. The van der Waals surface area contributed by atoms with Crippen LogP contribution in [0.15, 0.2) is 78.9 Å². The maximum absolute atomic E-state index is 12.7. The molecule has 0 amide bonds. The molecule has 0 saturated carbocycles. The largest absolute Gasteiger partial charge is 0.355 e. The fourth-order valence-electron chi connectivity index (χ4n) is 2.58. The summed E-state index contributed by atoms with van der Waals surface area (Å²) in [4.78, 5) is 12.7. The Labute approximate surface area is 147 Å². The Kier molecular flexibility index (Phi) is 5.29. The first kappa shape index (κ1) is 16.3. The first-order valence-electron chi connectivity index (χ1n) is 7.91. The fraction of sp³-hybridized carbons (Fsp3) is 0.0952. The number of hydrogen-bond donors (Lipinski definition) is 1. The molecule has 2 nitrogen and oxygen atoms in total. The quantitative estimate of drug-likeness (QED) is 0.568. The van der Waals surface area contributed by atoms with Crippen LogP contribution in [0.1, 0.15) is 22.3 Å². The third-order valence-electron chi connectivity index (χ3n) is 3.82. The SMILES string of the molecule is O=C(CCc1ccccc1)c1ccc(Cl)cc1Nc1ccccc1. The number of hydrogen-bond acceptors (Lipinski definition) is 2. The number of nitrogens with one attached hydrogen (secondary N) is 1. The van der Waals surface area contributed by atoms with Crippen LogP contribution in [0.3, 0.4) is 0 Å². The Morgan fingerprint density at radius 1 is 0.875 bits per heavy atom. The van der Waals surface area contributed by atoms with Crippen LogP contribution in [0.2, 0.25) is 5.02 Å². The van der Waals surface area contributed by atoms with Crippen LogP contribution >= 0.6 is 11.6 Å². The molecule has 1 N–H and O–H groups in total. The van der Waals surface area contributed by atoms with Gasteiger partial charge in [-0.1, -0.05) is 60.1 Å². The monoisotopic (exact) mass is 335 g/mol. The van der Waals surface area contributed by atoms with Gasteiger partial charge >= 0.3 is 0 Å². The van der Waals surface area contributed by atoms with Crippen LogP contribution in [-0.2, 0) is 6.42 Å². The van der Waals surface area contributed by atoms with Crippen LogP contribution in [0.25, 0.3) is 0 Å². The van der Waals surface area contributed by atoms with Gasteiger partial charge in [0, 0.05) is 22.7 Å². The van der Waals surface area contributed by atoms with Crippen molar-refractivity contribution in [3.8, 4) is 0 Å². The molecule has 3 aromatic carbocycles. The Morgan fingerprint density at radius 2 is 1.54 bits per heavy atom. The average Bonchev–Trinajstić information content (AvgIpc) is 2.62. The molecule has 120 valence electrons. The van der Waals surface area contributed by atoms with Gasteiger partial charge in [0.05, 0.1) is 5.69 Å². The third-order valence-corrected chi connectivity index (χ3v) is 4.05. The highest BCUT2D eigenvalue weighted by Gasteiger charge is 2.12. The summed E-state index contributed by atoms with van der Waals surface area (Å²) in [6.45, 7) is 0. The van der Waals surface area contributed by atoms with Gasteiger partial charge < -0.3 is 5.32 Å². The van der Waals surface area contributed by atoms with Crippen molar-refractivity contribution in [3.05, 3.63) is 95.0 Å². The highest BCUT2D eigenvalue weighted by atomic mass is 35.5. The molecule has 3 aromatic rings. The lowest BCUT2D eigenvalue weighted by Gasteiger charge is -2.12. The summed E-state index contributed by atoms with van der Waals surface area (Å²) in [6, 6.07) is 25.2. The first-order chi connectivity index (χ1) is 11.7. The standard InChI is InChI=1S/C21H18ClNO/c22-17-12-13-19(20(15-17)23-18-9-5-2-6-10-18)21(24)14-11-16-7-3-1-4-8-16/h1-10,12-13,15,23H,11,14H2. The predicted molar refractivity (Wildman–Crippen MR) is 100 cm³/mol. The number of ketones is 1. The van der Waals surface area contributed by atoms with E-state index in [-0.39, 0.29) is 5.78 Å². The van der Waals surface area contributed by atoms with E-state index in [0.29, 0.717) is 17.0 Å². The molecule has 0 fully saturated rings. The summed E-state index contributed by atoms with van der Waals surface area (Å²) in [6.07, 6.45) is 1.20. The molecule has 0 radical (unpaired) electrons. The van der Waals surface area contributed by atoms with E-state index in [1.54, 1.807) is 18.2 Å². The van der Waals surface area contributed by atoms with E-state index in [2.05, 4.69) is 5.32 Å². The number of carbonyl (C=O) groups is 1. The topological polar surface area (TPSA) is 29.1 Å². The van der Waals surface area contributed by atoms with Gasteiger partial charge in [-0.3, -0.25) is 4.79 Å². The minimum absolute atomic E-state index is 0.106. The van der Waals surface area contributed by atoms with Gasteiger partial charge in [-0.05, 0) is 42.3 Å². The summed E-state index contributed by atoms with van der Waals surface area (Å²) in [5.74, 6) is 0.106. The number of halogens is 1. The Balaban J connectivity index is 1.78. The zero-order chi connectivity index (χ0) is 16.8. The molecule has 0 atom stereocenters. The normalized spacial score (nSPS) is 10.4. The number of rotatable bonds is 6. The Bertz CT molecular complexity index is 816. The van der Waals surface area contributed by atoms with Crippen molar-refractivity contribution in [2.45, 2.75) is 12.8 Å². The maximum atomic E-state index is 12.7. The molecule has 0 aromatic heterocycles. The van der Waals surface area contributed by atoms with Crippen molar-refractivity contribution in [1.29, 1.82) is 0 Å². The van der Waals surface area contributed by atoms with Gasteiger partial charge in [-0.15, -0.1) is 0 Å². The lowest BCUT2D eigenvalue weighted by Crippen LogP contribution is -2.05. The van der Waals surface area contributed by atoms with Crippen molar-refractivity contribution < 1.29 is 4.79 Å². The van der Waals surface area contributed by atoms with E-state index in [1.807, 2.05) is 60.7 Å². The van der Waals surface area contributed by atoms with Gasteiger partial charge in [0.25, 0.3) is 0 Å². The highest BCUT2D eigenvalue weighted by Crippen LogP contribution is 2.26. The summed E-state index contributed by atoms with van der Waals surface area (Å²) >= 11 is 6.11. The molecular formula is C21H18ClNO. The number of para-hydroxylation sites is 1. The van der Waals surface area contributed by atoms with Crippen LogP contribution in [0.5, 0.6) is 0 Å². The molecule has 24 heavy (non-hydrogen) atoms. The number of anilines is 2. The Hall–Kier alpha value is -2.58.